The summed E-state index contributed by atoms with van der Waals surface area (Å²) in [6.07, 6.45) is 9.03. The van der Waals surface area contributed by atoms with Crippen molar-refractivity contribution in [1.29, 1.82) is 0 Å². The third-order valence-electron chi connectivity index (χ3n) is 9.80. The van der Waals surface area contributed by atoms with Gasteiger partial charge < -0.3 is 4.74 Å². The molecule has 0 bridgehead atoms. The van der Waals surface area contributed by atoms with Crippen molar-refractivity contribution in [2.75, 3.05) is 0 Å². The van der Waals surface area contributed by atoms with Crippen molar-refractivity contribution >= 4 is 0 Å². The van der Waals surface area contributed by atoms with Crippen molar-refractivity contribution in [2.45, 2.75) is 90.3 Å². The van der Waals surface area contributed by atoms with E-state index in [1.54, 1.807) is 0 Å². The summed E-state index contributed by atoms with van der Waals surface area (Å²) < 4.78 is 44.8. The van der Waals surface area contributed by atoms with E-state index in [-0.39, 0.29) is 6.10 Å². The van der Waals surface area contributed by atoms with E-state index in [9.17, 15) is 13.2 Å². The van der Waals surface area contributed by atoms with E-state index >= 15 is 0 Å². The van der Waals surface area contributed by atoms with E-state index in [4.69, 9.17) is 4.74 Å². The van der Waals surface area contributed by atoms with Gasteiger partial charge in [0.25, 0.3) is 0 Å². The van der Waals surface area contributed by atoms with E-state index in [2.05, 4.69) is 13.8 Å². The molecule has 4 heteroatoms. The fraction of sp³-hybridized carbons (Fsp3) is 0.769. The predicted octanol–water partition coefficient (Wildman–Crippen LogP) is 7.89. The first-order valence-electron chi connectivity index (χ1n) is 12.0. The Balaban J connectivity index is 1.31. The molecule has 4 aliphatic carbocycles. The third kappa shape index (κ3) is 3.37. The van der Waals surface area contributed by atoms with Gasteiger partial charge in [-0.1, -0.05) is 26.7 Å². The molecule has 0 aromatic heterocycles. The summed E-state index contributed by atoms with van der Waals surface area (Å²) in [5, 5.41) is 0. The molecule has 0 aliphatic heterocycles. The molecule has 1 nitrogen and oxygen atoms in total. The second-order valence-electron chi connectivity index (χ2n) is 11.3. The molecule has 0 amide bonds. The molecule has 0 saturated heterocycles. The lowest BCUT2D eigenvalue weighted by Crippen LogP contribution is -2.51. The Bertz CT molecular complexity index is 771. The van der Waals surface area contributed by atoms with Crippen LogP contribution < -0.4 is 4.74 Å². The van der Waals surface area contributed by atoms with Gasteiger partial charge in [-0.3, -0.25) is 0 Å². The lowest BCUT2D eigenvalue weighted by atomic mass is 9.45. The quantitative estimate of drug-likeness (QED) is 0.473. The zero-order chi connectivity index (χ0) is 21.1. The molecule has 166 valence electrons. The summed E-state index contributed by atoms with van der Waals surface area (Å²) in [6.45, 7) is 5.06. The third-order valence-corrected chi connectivity index (χ3v) is 9.80. The Labute approximate surface area is 178 Å². The highest BCUT2D eigenvalue weighted by atomic mass is 19.4. The minimum Gasteiger partial charge on any atom is -0.490 e. The lowest BCUT2D eigenvalue weighted by molar-refractivity contribution is -0.137. The molecule has 0 unspecified atom stereocenters. The molecule has 5 rings (SSSR count). The molecule has 0 heterocycles. The van der Waals surface area contributed by atoms with E-state index in [0.29, 0.717) is 22.5 Å². The van der Waals surface area contributed by atoms with Crippen LogP contribution in [0.3, 0.4) is 0 Å². The smallest absolute Gasteiger partial charge is 0.416 e. The van der Waals surface area contributed by atoms with Crippen molar-refractivity contribution in [3.05, 3.63) is 29.8 Å². The molecule has 0 spiro atoms. The van der Waals surface area contributed by atoms with Gasteiger partial charge in [-0.2, -0.15) is 13.2 Å². The van der Waals surface area contributed by atoms with Gasteiger partial charge in [0.15, 0.2) is 0 Å². The predicted molar refractivity (Wildman–Crippen MR) is 112 cm³/mol. The number of rotatable bonds is 2. The maximum Gasteiger partial charge on any atom is 0.416 e. The average molecular weight is 421 g/mol. The van der Waals surface area contributed by atoms with Gasteiger partial charge >= 0.3 is 6.18 Å². The number of halogens is 3. The van der Waals surface area contributed by atoms with Crippen LogP contribution in [0.15, 0.2) is 24.3 Å². The fourth-order valence-corrected chi connectivity index (χ4v) is 8.29. The summed E-state index contributed by atoms with van der Waals surface area (Å²) in [6, 6.07) is 5.26. The van der Waals surface area contributed by atoms with Gasteiger partial charge in [0, 0.05) is 0 Å². The molecule has 4 fully saturated rings. The summed E-state index contributed by atoms with van der Waals surface area (Å²) in [5.41, 5.74) is 0.257. The van der Waals surface area contributed by atoms with E-state index in [1.807, 2.05) is 0 Å². The number of hydrogen-bond donors (Lipinski definition) is 0. The van der Waals surface area contributed by atoms with Gasteiger partial charge in [-0.05, 0) is 110 Å². The first kappa shape index (κ1) is 20.7. The van der Waals surface area contributed by atoms with Crippen molar-refractivity contribution in [1.82, 2.24) is 0 Å². The zero-order valence-corrected chi connectivity index (χ0v) is 18.3. The second-order valence-corrected chi connectivity index (χ2v) is 11.3. The van der Waals surface area contributed by atoms with Crippen molar-refractivity contribution < 1.29 is 17.9 Å². The Kier molecular flexibility index (Phi) is 4.95. The molecular weight excluding hydrogens is 385 g/mol. The summed E-state index contributed by atoms with van der Waals surface area (Å²) in [4.78, 5) is 0. The minimum atomic E-state index is -4.29. The average Bonchev–Trinajstić information content (AvgIpc) is 3.03. The highest BCUT2D eigenvalue weighted by Crippen LogP contribution is 2.66. The number of ether oxygens (including phenoxy) is 1. The highest BCUT2D eigenvalue weighted by Gasteiger charge is 2.59. The maximum absolute atomic E-state index is 12.8. The Morgan fingerprint density at radius 3 is 2.40 bits per heavy atom. The van der Waals surface area contributed by atoms with Crippen molar-refractivity contribution in [3.8, 4) is 5.75 Å². The first-order chi connectivity index (χ1) is 14.2. The molecule has 4 aliphatic rings. The molecule has 4 saturated carbocycles. The lowest BCUT2D eigenvalue weighted by Gasteiger charge is -2.59. The summed E-state index contributed by atoms with van der Waals surface area (Å²) in [7, 11) is 0. The van der Waals surface area contributed by atoms with Gasteiger partial charge in [0.2, 0.25) is 0 Å². The van der Waals surface area contributed by atoms with Crippen LogP contribution in [-0.2, 0) is 6.18 Å². The Morgan fingerprint density at radius 1 is 0.900 bits per heavy atom. The fourth-order valence-electron chi connectivity index (χ4n) is 8.29. The first-order valence-corrected chi connectivity index (χ1v) is 12.0. The van der Waals surface area contributed by atoms with Crippen LogP contribution in [0.2, 0.25) is 0 Å². The van der Waals surface area contributed by atoms with Crippen LogP contribution in [0.4, 0.5) is 13.2 Å². The van der Waals surface area contributed by atoms with Crippen LogP contribution in [0, 0.1) is 34.5 Å². The molecule has 30 heavy (non-hydrogen) atoms. The highest BCUT2D eigenvalue weighted by molar-refractivity contribution is 5.29. The van der Waals surface area contributed by atoms with Gasteiger partial charge in [-0.15, -0.1) is 0 Å². The normalized spacial score (nSPS) is 43.4. The maximum atomic E-state index is 12.8. The number of alkyl halides is 3. The van der Waals surface area contributed by atoms with E-state index < -0.39 is 11.7 Å². The van der Waals surface area contributed by atoms with Gasteiger partial charge in [-0.25, -0.2) is 0 Å². The topological polar surface area (TPSA) is 9.23 Å². The van der Waals surface area contributed by atoms with Crippen molar-refractivity contribution in [2.24, 2.45) is 34.5 Å². The van der Waals surface area contributed by atoms with Gasteiger partial charge in [0.05, 0.1) is 11.7 Å². The minimum absolute atomic E-state index is 0.132. The zero-order valence-electron chi connectivity index (χ0n) is 18.3. The van der Waals surface area contributed by atoms with Crippen molar-refractivity contribution in [3.63, 3.8) is 0 Å². The Morgan fingerprint density at radius 2 is 1.67 bits per heavy atom. The van der Waals surface area contributed by atoms with Crippen LogP contribution in [0.25, 0.3) is 0 Å². The molecule has 1 aromatic rings. The van der Waals surface area contributed by atoms with Crippen LogP contribution >= 0.6 is 0 Å². The summed E-state index contributed by atoms with van der Waals surface area (Å²) >= 11 is 0. The molecule has 7 atom stereocenters. The SMILES string of the molecule is C[C@]12CC[C@H]3[C@@H](CC[C@H]4CCCC[C@@]43C)[C@@H]1C[C@H](Oc1ccc(C(F)(F)F)cc1)C2. The molecular formula is C26H35F3O. The molecule has 1 aromatic carbocycles. The number of benzene rings is 1. The Hall–Kier alpha value is -1.19. The standard InChI is InChI=1S/C26H35F3O/c1-24-14-12-22-21(11-8-17-5-3-4-13-25(17,22)2)23(24)15-20(16-24)30-19-9-6-18(7-10-19)26(27,28)29/h6-7,9-10,17,20-23H,3-5,8,11-16H2,1-2H3/t17-,20+,21-,22+,23+,24-,25+/m1/s1. The molecule has 0 radical (unpaired) electrons. The van der Waals surface area contributed by atoms with Crippen LogP contribution in [0.1, 0.15) is 83.6 Å². The second kappa shape index (κ2) is 7.17. The monoisotopic (exact) mass is 420 g/mol. The van der Waals surface area contributed by atoms with Crippen LogP contribution in [-0.4, -0.2) is 6.10 Å². The molecule has 0 N–H and O–H groups in total. The summed E-state index contributed by atoms with van der Waals surface area (Å²) in [5.74, 6) is 3.88. The largest absolute Gasteiger partial charge is 0.490 e. The number of fused-ring (bicyclic) bond motifs is 5. The van der Waals surface area contributed by atoms with Crippen LogP contribution in [0.5, 0.6) is 5.75 Å². The van der Waals surface area contributed by atoms with Gasteiger partial charge in [0.1, 0.15) is 5.75 Å². The van der Waals surface area contributed by atoms with E-state index in [1.165, 1.54) is 63.5 Å². The van der Waals surface area contributed by atoms with E-state index in [0.717, 1.165) is 42.7 Å². The number of hydrogen-bond acceptors (Lipinski definition) is 1.